The van der Waals surface area contributed by atoms with E-state index in [4.69, 9.17) is 9.84 Å². The summed E-state index contributed by atoms with van der Waals surface area (Å²) in [5.41, 5.74) is 4.68. The van der Waals surface area contributed by atoms with E-state index in [0.29, 0.717) is 13.0 Å². The fourth-order valence-electron chi connectivity index (χ4n) is 4.49. The monoisotopic (exact) mass is 394 g/mol. The van der Waals surface area contributed by atoms with E-state index in [-0.39, 0.29) is 17.6 Å². The molecule has 0 saturated heterocycles. The number of aromatic nitrogens is 3. The fraction of sp³-hybridized carbons (Fsp3) is 0.455. The first kappa shape index (κ1) is 18.5. The third-order valence-electron chi connectivity index (χ3n) is 6.30. The average Bonchev–Trinajstić information content (AvgIpc) is 3.34. The molecular formula is C22H26N4O3. The predicted octanol–water partition coefficient (Wildman–Crippen LogP) is 2.70. The van der Waals surface area contributed by atoms with E-state index >= 15 is 0 Å². The minimum atomic E-state index is -0.804. The van der Waals surface area contributed by atoms with Crippen LogP contribution < -0.4 is 5.32 Å². The molecule has 5 rings (SSSR count). The highest BCUT2D eigenvalue weighted by Crippen LogP contribution is 2.38. The first-order valence-corrected chi connectivity index (χ1v) is 10.1. The average molecular weight is 394 g/mol. The Hall–Kier alpha value is -2.48. The number of fused-ring (bicyclic) bond motifs is 2. The Morgan fingerprint density at radius 2 is 2.00 bits per heavy atom. The van der Waals surface area contributed by atoms with Crippen LogP contribution in [-0.4, -0.2) is 43.1 Å². The van der Waals surface area contributed by atoms with Gasteiger partial charge in [-0.05, 0) is 49.4 Å². The Labute approximate surface area is 169 Å². The summed E-state index contributed by atoms with van der Waals surface area (Å²) < 4.78 is 7.65. The molecule has 1 aromatic carbocycles. The van der Waals surface area contributed by atoms with Crippen molar-refractivity contribution in [2.24, 2.45) is 5.92 Å². The lowest BCUT2D eigenvalue weighted by Gasteiger charge is -2.19. The molecule has 3 aromatic rings. The first-order chi connectivity index (χ1) is 13.8. The Kier molecular flexibility index (Phi) is 4.17. The maximum atomic E-state index is 10.3. The molecule has 1 aliphatic heterocycles. The highest BCUT2D eigenvalue weighted by Gasteiger charge is 2.39. The van der Waals surface area contributed by atoms with Crippen molar-refractivity contribution in [3.8, 4) is 11.3 Å². The molecule has 0 amide bonds. The maximum Gasteiger partial charge on any atom is 0.157 e. The van der Waals surface area contributed by atoms with Crippen LogP contribution in [0, 0.1) is 5.92 Å². The minimum absolute atomic E-state index is 0.0463. The molecule has 7 nitrogen and oxygen atoms in total. The summed E-state index contributed by atoms with van der Waals surface area (Å²) in [6.07, 6.45) is 0.904. The van der Waals surface area contributed by atoms with Crippen molar-refractivity contribution in [3.05, 3.63) is 47.7 Å². The van der Waals surface area contributed by atoms with Gasteiger partial charge in [0.15, 0.2) is 5.65 Å². The van der Waals surface area contributed by atoms with Crippen molar-refractivity contribution in [3.63, 3.8) is 0 Å². The minimum Gasteiger partial charge on any atom is -0.390 e. The van der Waals surface area contributed by atoms with Crippen LogP contribution in [0.4, 0.5) is 5.82 Å². The van der Waals surface area contributed by atoms with E-state index in [1.165, 1.54) is 11.1 Å². The number of aliphatic hydroxyl groups excluding tert-OH is 2. The Bertz CT molecular complexity index is 1080. The number of benzene rings is 1. The van der Waals surface area contributed by atoms with E-state index in [2.05, 4.69) is 42.3 Å². The largest absolute Gasteiger partial charge is 0.390 e. The third-order valence-corrected chi connectivity index (χ3v) is 6.30. The number of rotatable bonds is 3. The zero-order chi connectivity index (χ0) is 20.3. The molecule has 0 spiro atoms. The van der Waals surface area contributed by atoms with Crippen LogP contribution in [0.25, 0.3) is 16.9 Å². The molecule has 0 radical (unpaired) electrons. The maximum absolute atomic E-state index is 10.3. The van der Waals surface area contributed by atoms with Crippen molar-refractivity contribution in [2.75, 3.05) is 5.32 Å². The summed E-state index contributed by atoms with van der Waals surface area (Å²) in [6, 6.07) is 9.89. The molecule has 1 aliphatic carbocycles. The van der Waals surface area contributed by atoms with Crippen molar-refractivity contribution < 1.29 is 14.9 Å². The quantitative estimate of drug-likeness (QED) is 0.633. The van der Waals surface area contributed by atoms with Gasteiger partial charge in [-0.25, -0.2) is 4.98 Å². The van der Waals surface area contributed by atoms with Crippen LogP contribution in [0.15, 0.2) is 36.5 Å². The van der Waals surface area contributed by atoms with Crippen LogP contribution in [0.2, 0.25) is 0 Å². The van der Waals surface area contributed by atoms with Crippen LogP contribution in [0.5, 0.6) is 0 Å². The second-order valence-corrected chi connectivity index (χ2v) is 8.75. The predicted molar refractivity (Wildman–Crippen MR) is 109 cm³/mol. The van der Waals surface area contributed by atoms with Crippen molar-refractivity contribution in [1.29, 1.82) is 0 Å². The molecule has 3 N–H and O–H groups in total. The van der Waals surface area contributed by atoms with Gasteiger partial charge in [0.1, 0.15) is 11.9 Å². The molecular weight excluding hydrogens is 368 g/mol. The van der Waals surface area contributed by atoms with Gasteiger partial charge in [-0.3, -0.25) is 0 Å². The molecule has 0 unspecified atom stereocenters. The zero-order valence-corrected chi connectivity index (χ0v) is 16.8. The molecule has 2 aliphatic rings. The van der Waals surface area contributed by atoms with Gasteiger partial charge in [0.2, 0.25) is 0 Å². The van der Waals surface area contributed by atoms with Gasteiger partial charge in [-0.15, -0.1) is 0 Å². The van der Waals surface area contributed by atoms with Crippen LogP contribution in [-0.2, 0) is 16.9 Å². The molecule has 29 heavy (non-hydrogen) atoms. The Morgan fingerprint density at radius 1 is 1.17 bits per heavy atom. The molecule has 152 valence electrons. The first-order valence-electron chi connectivity index (χ1n) is 10.1. The van der Waals surface area contributed by atoms with Gasteiger partial charge in [-0.2, -0.15) is 9.61 Å². The van der Waals surface area contributed by atoms with E-state index in [1.54, 1.807) is 10.7 Å². The van der Waals surface area contributed by atoms with Crippen LogP contribution in [0.3, 0.4) is 0 Å². The second-order valence-electron chi connectivity index (χ2n) is 8.75. The number of hydrogen-bond donors (Lipinski definition) is 3. The number of nitrogens with one attached hydrogen (secondary N) is 1. The number of ether oxygens (including phenoxy) is 1. The Morgan fingerprint density at radius 3 is 2.76 bits per heavy atom. The van der Waals surface area contributed by atoms with Crippen molar-refractivity contribution >= 4 is 11.5 Å². The highest BCUT2D eigenvalue weighted by atomic mass is 16.5. The highest BCUT2D eigenvalue weighted by molar-refractivity contribution is 5.67. The van der Waals surface area contributed by atoms with Gasteiger partial charge in [0.05, 0.1) is 30.0 Å². The molecule has 3 heterocycles. The van der Waals surface area contributed by atoms with Gasteiger partial charge in [0.25, 0.3) is 0 Å². The molecule has 7 heteroatoms. The number of nitrogens with zero attached hydrogens (tertiary/aromatic N) is 3. The number of hydrogen-bond acceptors (Lipinski definition) is 6. The van der Waals surface area contributed by atoms with Gasteiger partial charge >= 0.3 is 0 Å². The fourth-order valence-corrected chi connectivity index (χ4v) is 4.49. The summed E-state index contributed by atoms with van der Waals surface area (Å²) in [7, 11) is 0. The number of anilines is 1. The summed E-state index contributed by atoms with van der Waals surface area (Å²) >= 11 is 0. The smallest absolute Gasteiger partial charge is 0.157 e. The summed E-state index contributed by atoms with van der Waals surface area (Å²) in [5.74, 6) is 0.793. The third kappa shape index (κ3) is 3.01. The van der Waals surface area contributed by atoms with Crippen LogP contribution in [0.1, 0.15) is 38.3 Å². The topological polar surface area (TPSA) is 91.9 Å². The SMILES string of the molecule is C[C@@H]1C[C@@H](Nc2ccnc3cc(-c4ccc5c(c4)C(C)(C)OC5)nn23)[C@H](O)[C@@H]1O. The lowest BCUT2D eigenvalue weighted by Crippen LogP contribution is -2.35. The van der Waals surface area contributed by atoms with E-state index < -0.39 is 12.2 Å². The van der Waals surface area contributed by atoms with Gasteiger partial charge in [0, 0.05) is 17.8 Å². The van der Waals surface area contributed by atoms with Crippen molar-refractivity contribution in [1.82, 2.24) is 14.6 Å². The molecule has 0 bridgehead atoms. The molecule has 1 saturated carbocycles. The normalized spacial score (nSPS) is 28.0. The number of aliphatic hydroxyl groups is 2. The Balaban J connectivity index is 1.50. The standard InChI is InChI=1S/C22H26N4O3/c1-12-8-17(21(28)20(12)27)24-18-6-7-23-19-10-16(25-26(18)19)13-4-5-14-11-29-22(2,3)15(14)9-13/h4-7,9-10,12,17,20-21,24,27-28H,8,11H2,1-3H3/t12-,17-,20-,21+/m1/s1. The van der Waals surface area contributed by atoms with Crippen molar-refractivity contribution in [2.45, 2.75) is 57.6 Å². The van der Waals surface area contributed by atoms with E-state index in [9.17, 15) is 10.2 Å². The van der Waals surface area contributed by atoms with Gasteiger partial charge in [-0.1, -0.05) is 19.1 Å². The zero-order valence-electron chi connectivity index (χ0n) is 16.8. The van der Waals surface area contributed by atoms with E-state index in [1.807, 2.05) is 19.1 Å². The summed E-state index contributed by atoms with van der Waals surface area (Å²) in [5, 5.41) is 28.5. The molecule has 1 fully saturated rings. The summed E-state index contributed by atoms with van der Waals surface area (Å²) in [6.45, 7) is 6.75. The van der Waals surface area contributed by atoms with E-state index in [0.717, 1.165) is 22.7 Å². The molecule has 4 atom stereocenters. The molecule has 2 aromatic heterocycles. The lowest BCUT2D eigenvalue weighted by molar-refractivity contribution is -0.00788. The second kappa shape index (κ2) is 6.52. The lowest BCUT2D eigenvalue weighted by atomic mass is 9.93. The van der Waals surface area contributed by atoms with Gasteiger partial charge < -0.3 is 20.3 Å². The van der Waals surface area contributed by atoms with Crippen LogP contribution >= 0.6 is 0 Å². The summed E-state index contributed by atoms with van der Waals surface area (Å²) in [4.78, 5) is 4.44.